The number of pyridine rings is 1. The number of likely N-dealkylation sites (tertiary alicyclic amines) is 1. The molecule has 5 nitrogen and oxygen atoms in total. The maximum Gasteiger partial charge on any atom is 0.406 e. The Kier molecular flexibility index (Phi) is 4.66. The maximum absolute atomic E-state index is 12.3. The summed E-state index contributed by atoms with van der Waals surface area (Å²) in [6, 6.07) is 4.60. The Morgan fingerprint density at radius 1 is 1.48 bits per heavy atom. The third-order valence-electron chi connectivity index (χ3n) is 3.19. The van der Waals surface area contributed by atoms with E-state index in [0.29, 0.717) is 24.5 Å². The van der Waals surface area contributed by atoms with Crippen molar-refractivity contribution in [2.24, 2.45) is 0 Å². The molecule has 1 fully saturated rings. The zero-order valence-electron chi connectivity index (χ0n) is 11.5. The molecule has 1 aromatic rings. The fourth-order valence-corrected chi connectivity index (χ4v) is 2.20. The van der Waals surface area contributed by atoms with E-state index in [0.717, 1.165) is 4.90 Å². The van der Waals surface area contributed by atoms with Crippen LogP contribution in [0.3, 0.4) is 0 Å². The smallest absolute Gasteiger partial charge is 0.406 e. The van der Waals surface area contributed by atoms with E-state index in [1.54, 1.807) is 18.2 Å². The van der Waals surface area contributed by atoms with E-state index in [2.05, 4.69) is 10.3 Å². The quantitative estimate of drug-likeness (QED) is 0.892. The van der Waals surface area contributed by atoms with E-state index in [-0.39, 0.29) is 6.54 Å². The summed E-state index contributed by atoms with van der Waals surface area (Å²) in [6.45, 7) is -0.781. The van der Waals surface area contributed by atoms with Gasteiger partial charge in [-0.15, -0.1) is 0 Å². The highest BCUT2D eigenvalue weighted by molar-refractivity contribution is 5.84. The molecule has 21 heavy (non-hydrogen) atoms. The topological polar surface area (TPSA) is 54.5 Å². The van der Waals surface area contributed by atoms with Crippen LogP contribution in [0.25, 0.3) is 0 Å². The van der Waals surface area contributed by atoms with Crippen LogP contribution in [0.5, 0.6) is 5.88 Å². The molecule has 1 atom stereocenters. The first-order chi connectivity index (χ1) is 9.89. The molecule has 1 N–H and O–H groups in total. The van der Waals surface area contributed by atoms with Crippen LogP contribution in [-0.2, 0) is 11.3 Å². The number of aromatic nitrogens is 1. The Balaban J connectivity index is 1.88. The van der Waals surface area contributed by atoms with Crippen molar-refractivity contribution in [2.75, 3.05) is 20.2 Å². The second-order valence-electron chi connectivity index (χ2n) is 4.77. The summed E-state index contributed by atoms with van der Waals surface area (Å²) in [6.07, 6.45) is -4.00. The lowest BCUT2D eigenvalue weighted by molar-refractivity contribution is -0.158. The van der Waals surface area contributed by atoms with Gasteiger partial charge in [0.25, 0.3) is 0 Å². The summed E-state index contributed by atoms with van der Waals surface area (Å²) in [5, 5.41) is 2.94. The van der Waals surface area contributed by atoms with Gasteiger partial charge in [-0.1, -0.05) is 6.07 Å². The number of nitrogens with one attached hydrogen (secondary N) is 1. The Morgan fingerprint density at radius 2 is 2.24 bits per heavy atom. The number of methoxy groups -OCH3 is 1. The predicted octanol–water partition coefficient (Wildman–Crippen LogP) is 1.34. The van der Waals surface area contributed by atoms with Crippen LogP contribution in [0.4, 0.5) is 13.2 Å². The van der Waals surface area contributed by atoms with Gasteiger partial charge in [-0.2, -0.15) is 13.2 Å². The molecule has 8 heteroatoms. The van der Waals surface area contributed by atoms with Gasteiger partial charge in [0.05, 0.1) is 18.8 Å². The molecule has 1 saturated heterocycles. The van der Waals surface area contributed by atoms with Crippen LogP contribution in [0.15, 0.2) is 18.2 Å². The number of carbonyl (C=O) groups is 1. The minimum Gasteiger partial charge on any atom is -0.481 e. The van der Waals surface area contributed by atoms with Crippen molar-refractivity contribution in [2.45, 2.75) is 25.2 Å². The second kappa shape index (κ2) is 6.30. The average molecular weight is 303 g/mol. The van der Waals surface area contributed by atoms with E-state index in [4.69, 9.17) is 4.74 Å². The number of hydrogen-bond donors (Lipinski definition) is 1. The van der Waals surface area contributed by atoms with Crippen molar-refractivity contribution in [1.82, 2.24) is 15.2 Å². The molecule has 1 aromatic heterocycles. The van der Waals surface area contributed by atoms with Crippen LogP contribution in [-0.4, -0.2) is 48.2 Å². The van der Waals surface area contributed by atoms with Gasteiger partial charge in [-0.3, -0.25) is 4.79 Å². The lowest BCUT2D eigenvalue weighted by Gasteiger charge is -2.18. The molecule has 116 valence electrons. The molecule has 1 aliphatic rings. The van der Waals surface area contributed by atoms with Gasteiger partial charge in [-0.05, 0) is 12.5 Å². The Labute approximate surface area is 120 Å². The van der Waals surface area contributed by atoms with Crippen molar-refractivity contribution in [1.29, 1.82) is 0 Å². The average Bonchev–Trinajstić information content (AvgIpc) is 2.76. The van der Waals surface area contributed by atoms with Gasteiger partial charge >= 0.3 is 6.18 Å². The molecule has 0 aliphatic carbocycles. The highest BCUT2D eigenvalue weighted by Gasteiger charge is 2.38. The van der Waals surface area contributed by atoms with Gasteiger partial charge in [0.15, 0.2) is 0 Å². The minimum atomic E-state index is -4.36. The number of amides is 1. The highest BCUT2D eigenvalue weighted by atomic mass is 19.4. The molecule has 0 bridgehead atoms. The number of nitrogens with zero attached hydrogens (tertiary/aromatic N) is 2. The first kappa shape index (κ1) is 15.6. The Bertz CT molecular complexity index is 508. The van der Waals surface area contributed by atoms with Crippen molar-refractivity contribution in [3.8, 4) is 5.88 Å². The van der Waals surface area contributed by atoms with Gasteiger partial charge in [0.2, 0.25) is 11.8 Å². The zero-order chi connectivity index (χ0) is 15.5. The Morgan fingerprint density at radius 3 is 2.90 bits per heavy atom. The lowest BCUT2D eigenvalue weighted by atomic mass is 10.2. The summed E-state index contributed by atoms with van der Waals surface area (Å²) in [4.78, 5) is 16.8. The summed E-state index contributed by atoms with van der Waals surface area (Å²) in [5.74, 6) is -0.0685. The van der Waals surface area contributed by atoms with Crippen molar-refractivity contribution >= 4 is 5.91 Å². The van der Waals surface area contributed by atoms with Crippen LogP contribution in [0, 0.1) is 0 Å². The molecule has 1 amide bonds. The summed E-state index contributed by atoms with van der Waals surface area (Å²) < 4.78 is 41.9. The van der Waals surface area contributed by atoms with Crippen LogP contribution in [0.2, 0.25) is 0 Å². The van der Waals surface area contributed by atoms with E-state index in [9.17, 15) is 18.0 Å². The zero-order valence-corrected chi connectivity index (χ0v) is 11.5. The summed E-state index contributed by atoms with van der Waals surface area (Å²) in [7, 11) is 1.50. The largest absolute Gasteiger partial charge is 0.481 e. The van der Waals surface area contributed by atoms with Crippen LogP contribution < -0.4 is 10.1 Å². The van der Waals surface area contributed by atoms with E-state index in [1.165, 1.54) is 7.11 Å². The van der Waals surface area contributed by atoms with E-state index >= 15 is 0 Å². The molecule has 0 radical (unpaired) electrons. The summed E-state index contributed by atoms with van der Waals surface area (Å²) in [5.41, 5.74) is 0.663. The molecule has 2 rings (SSSR count). The van der Waals surface area contributed by atoms with Crippen LogP contribution in [0.1, 0.15) is 12.1 Å². The number of hydrogen-bond acceptors (Lipinski definition) is 4. The van der Waals surface area contributed by atoms with Gasteiger partial charge in [0, 0.05) is 19.2 Å². The molecule has 1 aliphatic heterocycles. The standard InChI is InChI=1S/C13H16F3N3O2/c1-21-11-4-2-3-9(18-11)7-17-10-5-6-19(12(10)20)8-13(14,15)16/h2-4,10,17H,5-8H2,1H3/t10-/m0/s1. The molecule has 0 unspecified atom stereocenters. The highest BCUT2D eigenvalue weighted by Crippen LogP contribution is 2.21. The number of halogens is 3. The molecule has 0 aromatic carbocycles. The predicted molar refractivity (Wildman–Crippen MR) is 68.7 cm³/mol. The van der Waals surface area contributed by atoms with Crippen molar-refractivity contribution in [3.63, 3.8) is 0 Å². The molecule has 0 saturated carbocycles. The monoisotopic (exact) mass is 303 g/mol. The third kappa shape index (κ3) is 4.32. The number of alkyl halides is 3. The maximum atomic E-state index is 12.3. The molecular weight excluding hydrogens is 287 g/mol. The minimum absolute atomic E-state index is 0.113. The van der Waals surface area contributed by atoms with E-state index < -0.39 is 24.7 Å². The first-order valence-electron chi connectivity index (χ1n) is 6.48. The normalized spacial score (nSPS) is 19.1. The number of rotatable bonds is 5. The number of ether oxygens (including phenoxy) is 1. The molecular formula is C13H16F3N3O2. The van der Waals surface area contributed by atoms with E-state index in [1.807, 2.05) is 0 Å². The van der Waals surface area contributed by atoms with Gasteiger partial charge < -0.3 is 15.0 Å². The van der Waals surface area contributed by atoms with Gasteiger partial charge in [0.1, 0.15) is 6.54 Å². The Hall–Kier alpha value is -1.83. The third-order valence-corrected chi connectivity index (χ3v) is 3.19. The fourth-order valence-electron chi connectivity index (χ4n) is 2.20. The first-order valence-corrected chi connectivity index (χ1v) is 6.48. The molecule has 2 heterocycles. The van der Waals surface area contributed by atoms with Crippen molar-refractivity contribution in [3.05, 3.63) is 23.9 Å². The fraction of sp³-hybridized carbons (Fsp3) is 0.538. The SMILES string of the molecule is COc1cccc(CN[C@H]2CCN(CC(F)(F)F)C2=O)n1. The lowest BCUT2D eigenvalue weighted by Crippen LogP contribution is -2.41. The van der Waals surface area contributed by atoms with Crippen LogP contribution >= 0.6 is 0 Å². The number of carbonyl (C=O) groups excluding carboxylic acids is 1. The second-order valence-corrected chi connectivity index (χ2v) is 4.77. The van der Waals surface area contributed by atoms with Gasteiger partial charge in [-0.25, -0.2) is 4.98 Å². The van der Waals surface area contributed by atoms with Crippen molar-refractivity contribution < 1.29 is 22.7 Å². The molecule has 0 spiro atoms. The summed E-state index contributed by atoms with van der Waals surface area (Å²) >= 11 is 0.